The van der Waals surface area contributed by atoms with Crippen molar-refractivity contribution in [3.05, 3.63) is 11.5 Å². The van der Waals surface area contributed by atoms with Crippen molar-refractivity contribution in [2.24, 2.45) is 0 Å². The number of sulfonamides is 1. The van der Waals surface area contributed by atoms with Gasteiger partial charge in [0.2, 0.25) is 0 Å². The first-order valence-electron chi connectivity index (χ1n) is 7.96. The lowest BCUT2D eigenvalue weighted by molar-refractivity contribution is -0.133. The second kappa shape index (κ2) is 7.44. The molecule has 0 bridgehead atoms. The summed E-state index contributed by atoms with van der Waals surface area (Å²) in [5, 5.41) is 3.60. The number of ether oxygens (including phenoxy) is 1. The third kappa shape index (κ3) is 4.54. The predicted octanol–water partition coefficient (Wildman–Crippen LogP) is 2.22. The molecule has 1 aliphatic rings. The van der Waals surface area contributed by atoms with Gasteiger partial charge in [0.05, 0.1) is 6.10 Å². The molecule has 1 aromatic heterocycles. The Bertz CT molecular complexity index is 625. The van der Waals surface area contributed by atoms with Crippen molar-refractivity contribution < 1.29 is 22.5 Å². The van der Waals surface area contributed by atoms with Crippen molar-refractivity contribution >= 4 is 15.9 Å². The Kier molecular flexibility index (Phi) is 5.80. The van der Waals surface area contributed by atoms with Gasteiger partial charge in [-0.2, -0.15) is 0 Å². The smallest absolute Gasteiger partial charge is 0.269 e. The number of aryl methyl sites for hydroxylation is 2. The molecule has 1 amide bonds. The molecule has 0 unspecified atom stereocenters. The second-order valence-electron chi connectivity index (χ2n) is 6.01. The fourth-order valence-electron chi connectivity index (χ4n) is 2.85. The van der Waals surface area contributed by atoms with Crippen molar-refractivity contribution in [2.75, 3.05) is 0 Å². The van der Waals surface area contributed by atoms with Crippen LogP contribution in [0.5, 0.6) is 0 Å². The van der Waals surface area contributed by atoms with E-state index in [1.54, 1.807) is 6.92 Å². The van der Waals surface area contributed by atoms with Gasteiger partial charge in [-0.1, -0.05) is 30.8 Å². The van der Waals surface area contributed by atoms with E-state index in [1.165, 1.54) is 26.7 Å². The van der Waals surface area contributed by atoms with Gasteiger partial charge in [0, 0.05) is 0 Å². The molecular formula is C15H24N2O5S. The van der Waals surface area contributed by atoms with Crippen LogP contribution in [0.15, 0.2) is 9.42 Å². The van der Waals surface area contributed by atoms with Crippen LogP contribution in [0.1, 0.15) is 56.9 Å². The summed E-state index contributed by atoms with van der Waals surface area (Å²) in [6, 6.07) is 0. The van der Waals surface area contributed by atoms with Gasteiger partial charge in [-0.15, -0.1) is 0 Å². The van der Waals surface area contributed by atoms with Gasteiger partial charge >= 0.3 is 0 Å². The summed E-state index contributed by atoms with van der Waals surface area (Å²) in [4.78, 5) is 12.1. The molecule has 7 nitrogen and oxygen atoms in total. The predicted molar refractivity (Wildman–Crippen MR) is 83.3 cm³/mol. The number of nitrogens with one attached hydrogen (secondary N) is 1. The minimum Gasteiger partial charge on any atom is -0.365 e. The first-order valence-corrected chi connectivity index (χ1v) is 9.44. The Morgan fingerprint density at radius 2 is 1.87 bits per heavy atom. The number of aromatic nitrogens is 1. The highest BCUT2D eigenvalue weighted by atomic mass is 32.2. The van der Waals surface area contributed by atoms with Crippen LogP contribution < -0.4 is 4.72 Å². The summed E-state index contributed by atoms with van der Waals surface area (Å²) in [6.07, 6.45) is 5.53. The molecule has 1 atom stereocenters. The lowest BCUT2D eigenvalue weighted by Gasteiger charge is -2.20. The molecule has 130 valence electrons. The zero-order valence-corrected chi connectivity index (χ0v) is 14.6. The Hall–Kier alpha value is -1.41. The maximum atomic E-state index is 12.3. The van der Waals surface area contributed by atoms with Gasteiger partial charge in [-0.3, -0.25) is 4.79 Å². The van der Waals surface area contributed by atoms with Crippen molar-refractivity contribution in [3.8, 4) is 0 Å². The Labute approximate surface area is 136 Å². The van der Waals surface area contributed by atoms with Crippen molar-refractivity contribution in [3.63, 3.8) is 0 Å². The molecule has 0 aliphatic heterocycles. The van der Waals surface area contributed by atoms with Crippen molar-refractivity contribution in [1.29, 1.82) is 0 Å². The van der Waals surface area contributed by atoms with E-state index in [1.807, 2.05) is 0 Å². The summed E-state index contributed by atoms with van der Waals surface area (Å²) in [7, 11) is -4.01. The molecule has 1 aromatic rings. The number of nitrogens with zero attached hydrogens (tertiary/aromatic N) is 1. The fraction of sp³-hybridized carbons (Fsp3) is 0.733. The molecule has 23 heavy (non-hydrogen) atoms. The molecule has 1 saturated carbocycles. The van der Waals surface area contributed by atoms with Crippen LogP contribution in [-0.2, 0) is 19.6 Å². The van der Waals surface area contributed by atoms with Crippen LogP contribution in [0.4, 0.5) is 0 Å². The van der Waals surface area contributed by atoms with Crippen LogP contribution in [0.3, 0.4) is 0 Å². The van der Waals surface area contributed by atoms with Crippen LogP contribution in [0.25, 0.3) is 0 Å². The number of amides is 1. The number of carbonyl (C=O) groups is 1. The lowest BCUT2D eigenvalue weighted by atomic mass is 10.1. The first kappa shape index (κ1) is 17.9. The quantitative estimate of drug-likeness (QED) is 0.822. The monoisotopic (exact) mass is 344 g/mol. The fourth-order valence-corrected chi connectivity index (χ4v) is 4.23. The van der Waals surface area contributed by atoms with Crippen LogP contribution in [0, 0.1) is 13.8 Å². The average Bonchev–Trinajstić information content (AvgIpc) is 2.66. The molecule has 1 fully saturated rings. The third-order valence-corrected chi connectivity index (χ3v) is 5.63. The van der Waals surface area contributed by atoms with Gasteiger partial charge in [-0.25, -0.2) is 13.1 Å². The molecular weight excluding hydrogens is 320 g/mol. The summed E-state index contributed by atoms with van der Waals surface area (Å²) >= 11 is 0. The molecule has 2 rings (SSSR count). The van der Waals surface area contributed by atoms with Crippen LogP contribution in [0.2, 0.25) is 0 Å². The van der Waals surface area contributed by atoms with Gasteiger partial charge in [0.25, 0.3) is 15.9 Å². The first-order chi connectivity index (χ1) is 10.8. The molecule has 0 saturated heterocycles. The van der Waals surface area contributed by atoms with E-state index in [0.717, 1.165) is 25.7 Å². The maximum Gasteiger partial charge on any atom is 0.269 e. The highest BCUT2D eigenvalue weighted by Gasteiger charge is 2.29. The van der Waals surface area contributed by atoms with E-state index in [4.69, 9.17) is 9.26 Å². The molecule has 0 aromatic carbocycles. The highest BCUT2D eigenvalue weighted by Crippen LogP contribution is 2.22. The number of rotatable bonds is 5. The van der Waals surface area contributed by atoms with Crippen molar-refractivity contribution in [1.82, 2.24) is 9.88 Å². The summed E-state index contributed by atoms with van der Waals surface area (Å²) in [5.74, 6) is -0.519. The lowest BCUT2D eigenvalue weighted by Crippen LogP contribution is -2.40. The van der Waals surface area contributed by atoms with Gasteiger partial charge in [-0.05, 0) is 33.6 Å². The van der Waals surface area contributed by atoms with E-state index in [0.29, 0.717) is 0 Å². The minimum absolute atomic E-state index is 0.0139. The van der Waals surface area contributed by atoms with E-state index >= 15 is 0 Å². The van der Waals surface area contributed by atoms with Crippen LogP contribution in [-0.4, -0.2) is 31.7 Å². The molecule has 0 spiro atoms. The number of hydrogen-bond donors (Lipinski definition) is 1. The SMILES string of the molecule is Cc1noc(C)c1S(=O)(=O)NC(=O)[C@H](C)OC1CCCCCC1. The second-order valence-corrected chi connectivity index (χ2v) is 7.63. The van der Waals surface area contributed by atoms with Crippen LogP contribution >= 0.6 is 0 Å². The molecule has 8 heteroatoms. The van der Waals surface area contributed by atoms with Gasteiger partial charge in [0.15, 0.2) is 10.7 Å². The van der Waals surface area contributed by atoms with E-state index in [2.05, 4.69) is 9.88 Å². The minimum atomic E-state index is -4.01. The van der Waals surface area contributed by atoms with Gasteiger partial charge in [0.1, 0.15) is 11.8 Å². The Balaban J connectivity index is 2.00. The van der Waals surface area contributed by atoms with Gasteiger partial charge < -0.3 is 9.26 Å². The largest absolute Gasteiger partial charge is 0.365 e. The average molecular weight is 344 g/mol. The summed E-state index contributed by atoms with van der Waals surface area (Å²) < 4.78 is 37.3. The summed E-state index contributed by atoms with van der Waals surface area (Å²) in [5.41, 5.74) is 0.222. The topological polar surface area (TPSA) is 98.5 Å². The maximum absolute atomic E-state index is 12.3. The van der Waals surface area contributed by atoms with E-state index in [9.17, 15) is 13.2 Å². The zero-order chi connectivity index (χ0) is 17.0. The molecule has 0 radical (unpaired) electrons. The third-order valence-electron chi connectivity index (χ3n) is 4.04. The molecule has 1 N–H and O–H groups in total. The number of hydrogen-bond acceptors (Lipinski definition) is 6. The summed E-state index contributed by atoms with van der Waals surface area (Å²) in [6.45, 7) is 4.58. The molecule has 1 heterocycles. The van der Waals surface area contributed by atoms with E-state index in [-0.39, 0.29) is 22.5 Å². The normalized spacial score (nSPS) is 18.4. The highest BCUT2D eigenvalue weighted by molar-refractivity contribution is 7.90. The molecule has 1 aliphatic carbocycles. The van der Waals surface area contributed by atoms with Crippen molar-refractivity contribution in [2.45, 2.75) is 76.4 Å². The standard InChI is InChI=1S/C15H24N2O5S/c1-10-14(11(2)22-16-10)23(19,20)17-15(18)12(3)21-13-8-6-4-5-7-9-13/h12-13H,4-9H2,1-3H3,(H,17,18)/t12-/m0/s1. The number of carbonyl (C=O) groups excluding carboxylic acids is 1. The van der Waals surface area contributed by atoms with E-state index < -0.39 is 22.0 Å². The Morgan fingerprint density at radius 3 is 2.39 bits per heavy atom. The zero-order valence-electron chi connectivity index (χ0n) is 13.8. The Morgan fingerprint density at radius 1 is 1.26 bits per heavy atom.